The highest BCUT2D eigenvalue weighted by Crippen LogP contribution is 2.47. The maximum atomic E-state index is 16.2. The number of anilines is 1. The molecule has 0 aromatic heterocycles. The minimum absolute atomic E-state index is 0.00947. The molecule has 0 bridgehead atoms. The first-order chi connectivity index (χ1) is 50.4. The van der Waals surface area contributed by atoms with Gasteiger partial charge in [-0.3, -0.25) is 71.9 Å². The van der Waals surface area contributed by atoms with Crippen LogP contribution in [0.3, 0.4) is 0 Å². The second-order valence-electron chi connectivity index (χ2n) is 23.9. The van der Waals surface area contributed by atoms with E-state index in [-0.39, 0.29) is 64.4 Å². The number of aliphatic hydroxyl groups is 6. The third-order valence-corrected chi connectivity index (χ3v) is 26.2. The summed E-state index contributed by atoms with van der Waals surface area (Å²) in [5, 5.41) is 69.0. The first kappa shape index (κ1) is 96.9. The van der Waals surface area contributed by atoms with Crippen LogP contribution in [0.4, 0.5) is 5.69 Å². The number of hydrogen-bond acceptors (Lipinski definition) is 27. The van der Waals surface area contributed by atoms with Crippen molar-refractivity contribution < 1.29 is 131 Å². The highest BCUT2D eigenvalue weighted by molar-refractivity contribution is 14.1. The van der Waals surface area contributed by atoms with E-state index in [4.69, 9.17) is 28.4 Å². The summed E-state index contributed by atoms with van der Waals surface area (Å²) in [5.74, 6) is -16.7. The maximum Gasteiger partial charge on any atom is 0.303 e. The van der Waals surface area contributed by atoms with Crippen LogP contribution in [-0.2, 0) is 90.8 Å². The van der Waals surface area contributed by atoms with Crippen LogP contribution in [0, 0.1) is 22.5 Å². The molecule has 9 amide bonds. The van der Waals surface area contributed by atoms with Crippen LogP contribution in [0.2, 0.25) is 0 Å². The molecule has 598 valence electrons. The van der Waals surface area contributed by atoms with Crippen LogP contribution in [0.5, 0.6) is 0 Å². The molecule has 2 aliphatic carbocycles. The van der Waals surface area contributed by atoms with Gasteiger partial charge >= 0.3 is 35.8 Å². The minimum Gasteiger partial charge on any atom is -0.461 e. The highest BCUT2D eigenvalue weighted by atomic mass is 127. The van der Waals surface area contributed by atoms with Gasteiger partial charge in [-0.1, -0.05) is 45.2 Å². The van der Waals surface area contributed by atoms with Crippen molar-refractivity contribution in [1.29, 1.82) is 0 Å². The lowest BCUT2D eigenvalue weighted by Gasteiger charge is -2.37. The van der Waals surface area contributed by atoms with Crippen LogP contribution in [0.15, 0.2) is 36.9 Å². The third kappa shape index (κ3) is 26.3. The number of rotatable bonds is 30. The van der Waals surface area contributed by atoms with Crippen molar-refractivity contribution in [2.75, 3.05) is 125 Å². The first-order valence-electron chi connectivity index (χ1n) is 31.8. The van der Waals surface area contributed by atoms with Crippen molar-refractivity contribution in [2.45, 2.75) is 86.0 Å². The fourth-order valence-electron chi connectivity index (χ4n) is 10.4. The molecule has 0 radical (unpaired) electrons. The summed E-state index contributed by atoms with van der Waals surface area (Å²) in [4.78, 5) is 216. The van der Waals surface area contributed by atoms with Gasteiger partial charge in [0.1, 0.15) is 19.8 Å². The second kappa shape index (κ2) is 45.0. The zero-order chi connectivity index (χ0) is 82.0. The minimum atomic E-state index is -1.81. The molecule has 0 spiro atoms. The van der Waals surface area contributed by atoms with Crippen molar-refractivity contribution in [2.24, 2.45) is 11.8 Å². The number of likely N-dealkylation sites (N-methyl/N-ethyl adjacent to an activating group) is 3. The Balaban J connectivity index is 2.17. The van der Waals surface area contributed by atoms with Gasteiger partial charge in [-0.05, 0) is 158 Å². The van der Waals surface area contributed by atoms with E-state index >= 15 is 14.4 Å². The van der Waals surface area contributed by atoms with Crippen LogP contribution < -0.4 is 16.0 Å². The zero-order valence-corrected chi connectivity index (χ0v) is 78.1. The molecule has 4 rings (SSSR count). The van der Waals surface area contributed by atoms with E-state index in [9.17, 15) is 88.2 Å². The predicted octanol–water partition coefficient (Wildman–Crippen LogP) is 0.855. The molecule has 10 atom stereocenters. The van der Waals surface area contributed by atoms with Crippen LogP contribution in [0.1, 0.15) is 62.3 Å². The van der Waals surface area contributed by atoms with Crippen LogP contribution >= 0.6 is 203 Å². The normalized spacial score (nSPS) is 18.6. The number of nitrogens with one attached hydrogen (secondary N) is 3. The van der Waals surface area contributed by atoms with E-state index in [1.165, 1.54) is 35.8 Å². The van der Waals surface area contributed by atoms with Crippen molar-refractivity contribution in [3.8, 4) is 0 Å². The Bertz CT molecular complexity index is 3840. The quantitative estimate of drug-likeness (QED) is 0.0223. The van der Waals surface area contributed by atoms with Crippen molar-refractivity contribution in [3.05, 3.63) is 58.7 Å². The fourth-order valence-corrected chi connectivity index (χ4v) is 24.9. The zero-order valence-electron chi connectivity index (χ0n) is 58.7. The number of alkyl halides is 2. The Labute approximate surface area is 741 Å². The van der Waals surface area contributed by atoms with Gasteiger partial charge in [0.05, 0.1) is 93.0 Å². The smallest absolute Gasteiger partial charge is 0.303 e. The van der Waals surface area contributed by atoms with E-state index in [0.29, 0.717) is 0 Å². The number of benzene rings is 1. The van der Waals surface area contributed by atoms with Crippen LogP contribution in [0.25, 0.3) is 0 Å². The summed E-state index contributed by atoms with van der Waals surface area (Å²) < 4.78 is 28.5. The van der Waals surface area contributed by atoms with Crippen molar-refractivity contribution >= 4 is 298 Å². The van der Waals surface area contributed by atoms with Gasteiger partial charge in [0.15, 0.2) is 0 Å². The van der Waals surface area contributed by atoms with E-state index in [0.717, 1.165) is 56.2 Å². The van der Waals surface area contributed by atoms with Crippen molar-refractivity contribution in [3.63, 3.8) is 0 Å². The number of hydrogen-bond donors (Lipinski definition) is 9. The lowest BCUT2D eigenvalue weighted by Crippen LogP contribution is -2.50. The number of esters is 6. The Morgan fingerprint density at radius 1 is 0.454 bits per heavy atom. The van der Waals surface area contributed by atoms with Gasteiger partial charge in [0, 0.05) is 151 Å². The van der Waals surface area contributed by atoms with Gasteiger partial charge in [-0.15, -0.1) is 0 Å². The highest BCUT2D eigenvalue weighted by Gasteiger charge is 2.48. The number of ether oxygens (including phenoxy) is 6. The summed E-state index contributed by atoms with van der Waals surface area (Å²) in [5.41, 5.74) is -1.44. The monoisotopic (exact) mass is 2530 g/mol. The van der Waals surface area contributed by atoms with Gasteiger partial charge < -0.3 is 104 Å². The molecule has 1 aromatic rings. The average molecular weight is 2530 g/mol. The molecule has 1 aliphatic heterocycles. The fraction of sp³-hybridized carbons (Fsp3) is 0.540. The Morgan fingerprint density at radius 3 is 1.25 bits per heavy atom. The molecule has 36 nitrogen and oxygen atoms in total. The lowest BCUT2D eigenvalue weighted by molar-refractivity contribution is -0.161. The van der Waals surface area contributed by atoms with Crippen molar-refractivity contribution in [1.82, 2.24) is 40.0 Å². The van der Waals surface area contributed by atoms with Gasteiger partial charge in [-0.25, -0.2) is 0 Å². The predicted molar refractivity (Wildman–Crippen MR) is 453 cm³/mol. The summed E-state index contributed by atoms with van der Waals surface area (Å²) in [6.45, 7) is -2.63. The maximum absolute atomic E-state index is 16.2. The number of nitrogens with zero attached hydrogens (tertiary/aromatic N) is 6. The topological polar surface area (TPSA) is 488 Å². The Morgan fingerprint density at radius 2 is 0.833 bits per heavy atom. The summed E-state index contributed by atoms with van der Waals surface area (Å²) in [6.07, 6.45) is -9.79. The number of carbonyl (C=O) groups excluding carboxylic acids is 15. The lowest BCUT2D eigenvalue weighted by atomic mass is 9.90. The molecule has 9 N–H and O–H groups in total. The number of allylic oxidation sites excluding steroid dienone is 2. The van der Waals surface area contributed by atoms with Crippen LogP contribution in [-0.4, -0.2) is 313 Å². The molecule has 108 heavy (non-hydrogen) atoms. The van der Waals surface area contributed by atoms with E-state index in [1.54, 1.807) is 158 Å². The molecule has 0 saturated carbocycles. The molecule has 1 heterocycles. The molecular weight excluding hydrogens is 2460 g/mol. The molecule has 10 unspecified atom stereocenters. The number of amides is 9. The third-order valence-electron chi connectivity index (χ3n) is 15.6. The molecule has 45 heteroatoms. The molecular formula is C63H76I9N9O27. The van der Waals surface area contributed by atoms with Gasteiger partial charge in [-0.2, -0.15) is 0 Å². The Kier molecular flexibility index (Phi) is 40.4. The summed E-state index contributed by atoms with van der Waals surface area (Å²) in [6, 6.07) is 0. The molecule has 3 aliphatic rings. The standard InChI is InChI=1S/C63H76I9N9O27/c1-25(85)103-22-34(106-28(4)88)55(94)73-52-46(67)37(58(97)76(7)16-31(91)19-82)43(64)40(49(52)70)61(100)79-10-12-80(62(101)41-44(65)38(59(98)77(8)17-32(92)20-83)47(68)53(50(41)71)74-56(95)35(107-29(5)89)23-104-26(2)86)14-15-81(13-11-79)63(102)42-45(66)39(60(99)78(9)18-33(93)21-84)48(69)54(51(42)72)75-57(96)36(108-30(6)90)24-105-27(3)87/h31-37,41,43,50,82-84,91-93H,10-24H2,1-9H3,(H,73,94)(H,74,95)(H,75,96). The van der Waals surface area contributed by atoms with Gasteiger partial charge in [0.2, 0.25) is 30.1 Å². The molecule has 1 saturated heterocycles. The van der Waals surface area contributed by atoms with E-state index < -0.39 is 244 Å². The SMILES string of the molecule is CC(=O)OCC(OC(C)=O)C(=O)NC1=C(I)C(C(=O)N(C)CC(O)CO)C(I)C(C(=O)N2CCN(C(=O)c3c(I)c(NC(=O)C(COC(C)=O)OC(C)=O)c(I)c(C(=O)N(C)CC(O)CO)c3I)CCN(C(=O)C3C(I)=C(C(=O)N(C)CC(O)CO)C(I)=C(NC(=O)C(COC(C)=O)OC(C)=O)C3I)CC2)=C1I. The molecule has 1 fully saturated rings. The average Bonchev–Trinajstić information content (AvgIpc) is 0.932. The first-order valence-corrected chi connectivity index (χ1v) is 41.9. The van der Waals surface area contributed by atoms with E-state index in [2.05, 4.69) is 16.0 Å². The summed E-state index contributed by atoms with van der Waals surface area (Å²) in [7, 11) is 3.88. The van der Waals surface area contributed by atoms with Gasteiger partial charge in [0.25, 0.3) is 41.4 Å². The number of carbonyl (C=O) groups is 15. The second-order valence-corrected chi connectivity index (χ2v) is 34.3. The van der Waals surface area contributed by atoms with E-state index in [1.807, 2.05) is 45.2 Å². The number of halogens is 9. The Hall–Kier alpha value is -3.44. The summed E-state index contributed by atoms with van der Waals surface area (Å²) >= 11 is 16.0. The number of aliphatic hydroxyl groups excluding tert-OH is 6. The molecule has 1 aromatic carbocycles. The largest absolute Gasteiger partial charge is 0.461 e.